The third-order valence-corrected chi connectivity index (χ3v) is 2.53. The van der Waals surface area contributed by atoms with Crippen LogP contribution in [0, 0.1) is 11.8 Å². The average molecular weight is 228 g/mol. The van der Waals surface area contributed by atoms with E-state index >= 15 is 0 Å². The molecule has 4 nitrogen and oxygen atoms in total. The van der Waals surface area contributed by atoms with Crippen molar-refractivity contribution in [1.29, 1.82) is 0 Å². The smallest absolute Gasteiger partial charge is 0.242 e. The molecular formula is C10H10F2N2O2. The van der Waals surface area contributed by atoms with Crippen LogP contribution in [0.1, 0.15) is 6.42 Å². The molecule has 1 aliphatic rings. The number of anilines is 1. The fourth-order valence-electron chi connectivity index (χ4n) is 1.50. The maximum absolute atomic E-state index is 12.2. The topological polar surface area (TPSA) is 62.2 Å². The van der Waals surface area contributed by atoms with Gasteiger partial charge in [-0.2, -0.15) is 0 Å². The van der Waals surface area contributed by atoms with E-state index in [1.807, 2.05) is 0 Å². The van der Waals surface area contributed by atoms with E-state index in [1.165, 1.54) is 18.3 Å². The van der Waals surface area contributed by atoms with Crippen molar-refractivity contribution in [2.45, 2.75) is 12.8 Å². The van der Waals surface area contributed by atoms with Crippen LogP contribution < -0.4 is 5.32 Å². The predicted octanol–water partition coefficient (Wildman–Crippen LogP) is 1.63. The van der Waals surface area contributed by atoms with Crippen LogP contribution in [0.4, 0.5) is 14.6 Å². The van der Waals surface area contributed by atoms with Gasteiger partial charge in [0.1, 0.15) is 0 Å². The highest BCUT2D eigenvalue weighted by Crippen LogP contribution is 2.43. The summed E-state index contributed by atoms with van der Waals surface area (Å²) in [6, 6.07) is 2.87. The summed E-state index contributed by atoms with van der Waals surface area (Å²) in [5.74, 6) is -2.20. The normalized spacial score (nSPS) is 23.2. The van der Waals surface area contributed by atoms with E-state index in [1.54, 1.807) is 0 Å². The number of carbonyl (C=O) groups is 1. The van der Waals surface area contributed by atoms with Crippen molar-refractivity contribution in [3.05, 3.63) is 18.3 Å². The molecule has 2 atom stereocenters. The van der Waals surface area contributed by atoms with Gasteiger partial charge in [-0.05, 0) is 18.6 Å². The van der Waals surface area contributed by atoms with Gasteiger partial charge in [-0.15, -0.1) is 0 Å². The summed E-state index contributed by atoms with van der Waals surface area (Å²) in [5, 5.41) is 11.6. The third kappa shape index (κ3) is 2.10. The number of aromatic nitrogens is 1. The van der Waals surface area contributed by atoms with Crippen molar-refractivity contribution in [2.75, 3.05) is 5.32 Å². The van der Waals surface area contributed by atoms with E-state index in [2.05, 4.69) is 10.3 Å². The van der Waals surface area contributed by atoms with Crippen LogP contribution >= 0.6 is 0 Å². The lowest BCUT2D eigenvalue weighted by Crippen LogP contribution is -2.17. The second kappa shape index (κ2) is 4.03. The Morgan fingerprint density at radius 3 is 2.94 bits per heavy atom. The van der Waals surface area contributed by atoms with Gasteiger partial charge in [0.25, 0.3) is 0 Å². The van der Waals surface area contributed by atoms with E-state index in [0.717, 1.165) is 0 Å². The van der Waals surface area contributed by atoms with E-state index < -0.39 is 24.2 Å². The van der Waals surface area contributed by atoms with Gasteiger partial charge in [0, 0.05) is 18.0 Å². The molecule has 1 amide bonds. The zero-order valence-corrected chi connectivity index (χ0v) is 8.23. The lowest BCUT2D eigenvalue weighted by atomic mass is 10.3. The molecule has 6 heteroatoms. The quantitative estimate of drug-likeness (QED) is 0.826. The average Bonchev–Trinajstić information content (AvgIpc) is 3.01. The monoisotopic (exact) mass is 228 g/mol. The Bertz CT molecular complexity index is 412. The summed E-state index contributed by atoms with van der Waals surface area (Å²) in [5.41, 5.74) is 0. The summed E-state index contributed by atoms with van der Waals surface area (Å²) >= 11 is 0. The Kier molecular flexibility index (Phi) is 2.72. The van der Waals surface area contributed by atoms with Crippen molar-refractivity contribution in [3.8, 4) is 5.75 Å². The molecule has 86 valence electrons. The van der Waals surface area contributed by atoms with Crippen LogP contribution in [0.5, 0.6) is 5.75 Å². The zero-order valence-electron chi connectivity index (χ0n) is 8.23. The molecule has 0 aromatic carbocycles. The maximum atomic E-state index is 12.2. The van der Waals surface area contributed by atoms with Gasteiger partial charge in [-0.1, -0.05) is 0 Å². The van der Waals surface area contributed by atoms with Crippen LogP contribution in [-0.2, 0) is 4.79 Å². The number of carbonyl (C=O) groups excluding carboxylic acids is 1. The van der Waals surface area contributed by atoms with Crippen molar-refractivity contribution in [2.24, 2.45) is 11.8 Å². The zero-order chi connectivity index (χ0) is 11.7. The fraction of sp³-hybridized carbons (Fsp3) is 0.400. The van der Waals surface area contributed by atoms with E-state index in [4.69, 9.17) is 0 Å². The molecule has 2 rings (SSSR count). The summed E-state index contributed by atoms with van der Waals surface area (Å²) in [6.07, 6.45) is -0.878. The molecule has 0 aliphatic heterocycles. The molecule has 2 N–H and O–H groups in total. The second-order valence-corrected chi connectivity index (χ2v) is 3.70. The molecule has 0 unspecified atom stereocenters. The number of alkyl halides is 2. The number of pyridine rings is 1. The first-order chi connectivity index (χ1) is 7.59. The van der Waals surface area contributed by atoms with Crippen LogP contribution in [0.2, 0.25) is 0 Å². The highest BCUT2D eigenvalue weighted by Gasteiger charge is 2.49. The summed E-state index contributed by atoms with van der Waals surface area (Å²) in [4.78, 5) is 15.2. The molecule has 0 radical (unpaired) electrons. The van der Waals surface area contributed by atoms with Crippen LogP contribution in [0.15, 0.2) is 18.3 Å². The first-order valence-corrected chi connectivity index (χ1v) is 4.82. The van der Waals surface area contributed by atoms with Crippen molar-refractivity contribution in [3.63, 3.8) is 0 Å². The minimum atomic E-state index is -2.46. The number of halogens is 2. The largest absolute Gasteiger partial charge is 0.504 e. The lowest BCUT2D eigenvalue weighted by molar-refractivity contribution is -0.118. The third-order valence-electron chi connectivity index (χ3n) is 2.53. The standard InChI is InChI=1S/C10H10F2N2O2/c11-8(12)5-4-6(5)10(16)14-9-7(15)2-1-3-13-9/h1-3,5-6,8,15H,4H2,(H,13,14,16)/t5-,6-/m0/s1. The molecule has 0 saturated heterocycles. The lowest BCUT2D eigenvalue weighted by Gasteiger charge is -2.05. The summed E-state index contributed by atoms with van der Waals surface area (Å²) in [7, 11) is 0. The molecule has 0 bridgehead atoms. The van der Waals surface area contributed by atoms with Crippen LogP contribution in [-0.4, -0.2) is 22.4 Å². The van der Waals surface area contributed by atoms with E-state index in [9.17, 15) is 18.7 Å². The van der Waals surface area contributed by atoms with Crippen LogP contribution in [0.25, 0.3) is 0 Å². The van der Waals surface area contributed by atoms with Gasteiger partial charge < -0.3 is 10.4 Å². The molecule has 1 saturated carbocycles. The first-order valence-electron chi connectivity index (χ1n) is 4.82. The Labute approximate surface area is 90.3 Å². The minimum Gasteiger partial charge on any atom is -0.504 e. The number of hydrogen-bond donors (Lipinski definition) is 2. The number of amides is 1. The van der Waals surface area contributed by atoms with Gasteiger partial charge in [0.15, 0.2) is 11.6 Å². The van der Waals surface area contributed by atoms with Crippen molar-refractivity contribution >= 4 is 11.7 Å². The summed E-state index contributed by atoms with van der Waals surface area (Å²) < 4.78 is 24.4. The van der Waals surface area contributed by atoms with E-state index in [0.29, 0.717) is 0 Å². The SMILES string of the molecule is O=C(Nc1ncccc1O)[C@H]1C[C@@H]1C(F)F. The van der Waals surface area contributed by atoms with Gasteiger partial charge in [-0.3, -0.25) is 4.79 Å². The second-order valence-electron chi connectivity index (χ2n) is 3.70. The highest BCUT2D eigenvalue weighted by molar-refractivity contribution is 5.94. The molecule has 0 spiro atoms. The number of nitrogens with one attached hydrogen (secondary N) is 1. The number of aromatic hydroxyl groups is 1. The Hall–Kier alpha value is -1.72. The molecule has 1 aliphatic carbocycles. The van der Waals surface area contributed by atoms with E-state index in [-0.39, 0.29) is 18.0 Å². The Morgan fingerprint density at radius 1 is 1.62 bits per heavy atom. The minimum absolute atomic E-state index is 0.00687. The predicted molar refractivity (Wildman–Crippen MR) is 52.1 cm³/mol. The molecule has 1 aromatic rings. The van der Waals surface area contributed by atoms with Gasteiger partial charge in [0.05, 0.1) is 0 Å². The van der Waals surface area contributed by atoms with Crippen molar-refractivity contribution < 1.29 is 18.7 Å². The molecule has 1 heterocycles. The Morgan fingerprint density at radius 2 is 2.38 bits per heavy atom. The summed E-state index contributed by atoms with van der Waals surface area (Å²) in [6.45, 7) is 0. The number of nitrogens with zero attached hydrogens (tertiary/aromatic N) is 1. The first kappa shape index (κ1) is 10.8. The molecule has 1 aromatic heterocycles. The fourth-order valence-corrected chi connectivity index (χ4v) is 1.50. The molecule has 1 fully saturated rings. The Balaban J connectivity index is 1.97. The van der Waals surface area contributed by atoms with Gasteiger partial charge in [-0.25, -0.2) is 13.8 Å². The number of rotatable bonds is 3. The van der Waals surface area contributed by atoms with Gasteiger partial charge in [0.2, 0.25) is 12.3 Å². The maximum Gasteiger partial charge on any atom is 0.242 e. The van der Waals surface area contributed by atoms with Crippen LogP contribution in [0.3, 0.4) is 0 Å². The highest BCUT2D eigenvalue weighted by atomic mass is 19.3. The molecule has 16 heavy (non-hydrogen) atoms. The van der Waals surface area contributed by atoms with Gasteiger partial charge >= 0.3 is 0 Å². The number of hydrogen-bond acceptors (Lipinski definition) is 3. The van der Waals surface area contributed by atoms with Crippen molar-refractivity contribution in [1.82, 2.24) is 4.98 Å². The molecular weight excluding hydrogens is 218 g/mol.